The Morgan fingerprint density at radius 3 is 2.77 bits per heavy atom. The molecule has 0 aromatic carbocycles. The predicted molar refractivity (Wildman–Crippen MR) is 49.0 cm³/mol. The summed E-state index contributed by atoms with van der Waals surface area (Å²) in [7, 11) is 0. The molecule has 0 N–H and O–H groups in total. The summed E-state index contributed by atoms with van der Waals surface area (Å²) in [6.07, 6.45) is 3.04. The van der Waals surface area contributed by atoms with Crippen LogP contribution in [0.1, 0.15) is 38.1 Å². The second-order valence-electron chi connectivity index (χ2n) is 2.92. The summed E-state index contributed by atoms with van der Waals surface area (Å²) in [6, 6.07) is 2.14. The average molecular weight is 178 g/mol. The number of nitriles is 1. The van der Waals surface area contributed by atoms with Crippen LogP contribution in [0.3, 0.4) is 0 Å². The maximum absolute atomic E-state index is 8.87. The van der Waals surface area contributed by atoms with E-state index in [0.717, 1.165) is 25.0 Å². The molecule has 0 radical (unpaired) electrons. The molecule has 13 heavy (non-hydrogen) atoms. The first kappa shape index (κ1) is 9.72. The van der Waals surface area contributed by atoms with Gasteiger partial charge in [0.25, 0.3) is 0 Å². The Labute approximate surface area is 78.2 Å². The molecule has 1 aromatic heterocycles. The van der Waals surface area contributed by atoms with E-state index in [1.54, 1.807) is 4.68 Å². The Bertz CT molecular complexity index is 308. The molecule has 1 heterocycles. The van der Waals surface area contributed by atoms with Crippen molar-refractivity contribution < 1.29 is 0 Å². The van der Waals surface area contributed by atoms with E-state index in [1.807, 2.05) is 6.92 Å². The van der Waals surface area contributed by atoms with E-state index in [-0.39, 0.29) is 0 Å². The van der Waals surface area contributed by atoms with Crippen LogP contribution in [-0.4, -0.2) is 15.0 Å². The van der Waals surface area contributed by atoms with Crippen LogP contribution in [0.4, 0.5) is 0 Å². The van der Waals surface area contributed by atoms with Gasteiger partial charge in [0.05, 0.1) is 0 Å². The van der Waals surface area contributed by atoms with Crippen molar-refractivity contribution >= 4 is 0 Å². The Kier molecular flexibility index (Phi) is 3.44. The zero-order valence-corrected chi connectivity index (χ0v) is 8.12. The molecular weight excluding hydrogens is 164 g/mol. The van der Waals surface area contributed by atoms with Crippen LogP contribution in [0.2, 0.25) is 0 Å². The smallest absolute Gasteiger partial charge is 0.161 e. The summed E-state index contributed by atoms with van der Waals surface area (Å²) in [5.41, 5.74) is 1.46. The summed E-state index contributed by atoms with van der Waals surface area (Å²) in [5.74, 6) is 0. The topological polar surface area (TPSA) is 54.5 Å². The van der Waals surface area contributed by atoms with Crippen molar-refractivity contribution in [1.29, 1.82) is 5.26 Å². The molecule has 0 unspecified atom stereocenters. The van der Waals surface area contributed by atoms with Gasteiger partial charge < -0.3 is 0 Å². The second-order valence-corrected chi connectivity index (χ2v) is 2.92. The summed E-state index contributed by atoms with van der Waals surface area (Å²) >= 11 is 0. The first-order valence-corrected chi connectivity index (χ1v) is 4.65. The van der Waals surface area contributed by atoms with Crippen LogP contribution in [0.15, 0.2) is 0 Å². The van der Waals surface area contributed by atoms with Gasteiger partial charge in [-0.15, -0.1) is 5.10 Å². The lowest BCUT2D eigenvalue weighted by Crippen LogP contribution is -2.00. The Morgan fingerprint density at radius 1 is 1.46 bits per heavy atom. The van der Waals surface area contributed by atoms with Crippen LogP contribution in [0.25, 0.3) is 0 Å². The molecule has 0 amide bonds. The molecule has 0 saturated heterocycles. The minimum absolute atomic E-state index is 0.621. The predicted octanol–water partition coefficient (Wildman–Crippen LogP) is 1.51. The zero-order valence-electron chi connectivity index (χ0n) is 8.12. The lowest BCUT2D eigenvalue weighted by molar-refractivity contribution is 0.620. The minimum atomic E-state index is 0.621. The molecule has 70 valence electrons. The monoisotopic (exact) mass is 178 g/mol. The summed E-state index contributed by atoms with van der Waals surface area (Å²) in [4.78, 5) is 0. The Morgan fingerprint density at radius 2 is 2.23 bits per heavy atom. The number of rotatable bonds is 4. The van der Waals surface area contributed by atoms with E-state index < -0.39 is 0 Å². The molecule has 0 fully saturated rings. The summed E-state index contributed by atoms with van der Waals surface area (Å²) in [6.45, 7) is 4.79. The van der Waals surface area contributed by atoms with Gasteiger partial charge in [-0.1, -0.05) is 18.6 Å². The van der Waals surface area contributed by atoms with Crippen LogP contribution in [0, 0.1) is 11.3 Å². The molecule has 0 aliphatic rings. The van der Waals surface area contributed by atoms with Crippen molar-refractivity contribution in [2.24, 2.45) is 0 Å². The minimum Gasteiger partial charge on any atom is -0.235 e. The first-order chi connectivity index (χ1) is 6.33. The van der Waals surface area contributed by atoms with Crippen molar-refractivity contribution in [3.8, 4) is 6.07 Å². The molecule has 0 atom stereocenters. The van der Waals surface area contributed by atoms with Crippen LogP contribution < -0.4 is 0 Å². The third kappa shape index (κ3) is 2.05. The highest BCUT2D eigenvalue weighted by molar-refractivity contribution is 5.25. The van der Waals surface area contributed by atoms with Crippen molar-refractivity contribution in [3.05, 3.63) is 11.4 Å². The number of hydrogen-bond acceptors (Lipinski definition) is 3. The Hall–Kier alpha value is -1.37. The van der Waals surface area contributed by atoms with Gasteiger partial charge in [-0.3, -0.25) is 0 Å². The van der Waals surface area contributed by atoms with E-state index in [2.05, 4.69) is 23.3 Å². The largest absolute Gasteiger partial charge is 0.235 e. The second kappa shape index (κ2) is 4.61. The van der Waals surface area contributed by atoms with Crippen LogP contribution in [-0.2, 0) is 13.0 Å². The van der Waals surface area contributed by atoms with Crippen LogP contribution in [0.5, 0.6) is 0 Å². The van der Waals surface area contributed by atoms with Gasteiger partial charge in [-0.2, -0.15) is 5.26 Å². The molecule has 0 aliphatic heterocycles. The van der Waals surface area contributed by atoms with Gasteiger partial charge in [0, 0.05) is 6.54 Å². The Balaban J connectivity index is 2.83. The van der Waals surface area contributed by atoms with Gasteiger partial charge in [0.1, 0.15) is 11.8 Å². The quantitative estimate of drug-likeness (QED) is 0.702. The number of nitrogens with zero attached hydrogens (tertiary/aromatic N) is 4. The fourth-order valence-corrected chi connectivity index (χ4v) is 1.21. The molecule has 4 nitrogen and oxygen atoms in total. The molecule has 0 aliphatic carbocycles. The molecule has 0 bridgehead atoms. The molecule has 1 rings (SSSR count). The van der Waals surface area contributed by atoms with E-state index in [0.29, 0.717) is 12.2 Å². The third-order valence-electron chi connectivity index (χ3n) is 1.98. The van der Waals surface area contributed by atoms with Gasteiger partial charge in [0.2, 0.25) is 0 Å². The lowest BCUT2D eigenvalue weighted by atomic mass is 10.2. The number of aryl methyl sites for hydroxylation is 2. The first-order valence-electron chi connectivity index (χ1n) is 4.65. The third-order valence-corrected chi connectivity index (χ3v) is 1.98. The van der Waals surface area contributed by atoms with E-state index in [1.165, 1.54) is 0 Å². The standard InChI is InChI=1S/C9H14N4/c1-3-5-6-8-9(7-10)13(4-2)12-11-8/h3-6H2,1-2H3. The highest BCUT2D eigenvalue weighted by Crippen LogP contribution is 2.07. The molecule has 0 spiro atoms. The number of unbranched alkanes of at least 4 members (excludes halogenated alkanes) is 1. The highest BCUT2D eigenvalue weighted by Gasteiger charge is 2.09. The summed E-state index contributed by atoms with van der Waals surface area (Å²) in [5, 5.41) is 16.8. The highest BCUT2D eigenvalue weighted by atomic mass is 15.4. The van der Waals surface area contributed by atoms with E-state index in [4.69, 9.17) is 5.26 Å². The van der Waals surface area contributed by atoms with Crippen molar-refractivity contribution in [2.75, 3.05) is 0 Å². The van der Waals surface area contributed by atoms with Crippen LogP contribution >= 0.6 is 0 Å². The molecule has 4 heteroatoms. The van der Waals surface area contributed by atoms with E-state index >= 15 is 0 Å². The fourth-order valence-electron chi connectivity index (χ4n) is 1.21. The fraction of sp³-hybridized carbons (Fsp3) is 0.667. The van der Waals surface area contributed by atoms with Gasteiger partial charge in [-0.05, 0) is 19.8 Å². The van der Waals surface area contributed by atoms with Crippen molar-refractivity contribution in [2.45, 2.75) is 39.7 Å². The normalized spacial score (nSPS) is 9.92. The maximum atomic E-state index is 8.87. The molecular formula is C9H14N4. The number of hydrogen-bond donors (Lipinski definition) is 0. The van der Waals surface area contributed by atoms with Gasteiger partial charge >= 0.3 is 0 Å². The lowest BCUT2D eigenvalue weighted by Gasteiger charge is -1.95. The maximum Gasteiger partial charge on any atom is 0.161 e. The van der Waals surface area contributed by atoms with Gasteiger partial charge in [-0.25, -0.2) is 4.68 Å². The van der Waals surface area contributed by atoms with Crippen molar-refractivity contribution in [3.63, 3.8) is 0 Å². The molecule has 0 saturated carbocycles. The summed E-state index contributed by atoms with van der Waals surface area (Å²) < 4.78 is 1.64. The van der Waals surface area contributed by atoms with E-state index in [9.17, 15) is 0 Å². The average Bonchev–Trinajstić information content (AvgIpc) is 2.56. The SMILES string of the molecule is CCCCc1nnn(CC)c1C#N. The zero-order chi connectivity index (χ0) is 9.68. The van der Waals surface area contributed by atoms with Gasteiger partial charge in [0.15, 0.2) is 5.69 Å². The number of aromatic nitrogens is 3. The molecule has 1 aromatic rings. The van der Waals surface area contributed by atoms with Crippen molar-refractivity contribution in [1.82, 2.24) is 15.0 Å².